The normalized spacial score (nSPS) is 13.7. The number of fused-ring (bicyclic) bond motifs is 1. The lowest BCUT2D eigenvalue weighted by atomic mass is 10.0. The van der Waals surface area contributed by atoms with Gasteiger partial charge in [0.05, 0.1) is 24.9 Å². The standard InChI is InChI=1S/C25H26N6O3/c1-14-6-5-7-15(2)22(14)27-24(32)19-9-20-21(8-16(19)3)28-29-23(20)17-10-26-31(11-17)18-12-30(13-18)25(33)34-4/h5-11,18H,12-13H2,1-4H3,(H,27,32)(H,28,29). The average molecular weight is 459 g/mol. The molecule has 2 amide bonds. The topological polar surface area (TPSA) is 105 Å². The van der Waals surface area contributed by atoms with E-state index in [1.807, 2.05) is 62.0 Å². The van der Waals surface area contributed by atoms with Gasteiger partial charge in [0.25, 0.3) is 5.91 Å². The van der Waals surface area contributed by atoms with Gasteiger partial charge in [-0.1, -0.05) is 18.2 Å². The summed E-state index contributed by atoms with van der Waals surface area (Å²) < 4.78 is 6.60. The van der Waals surface area contributed by atoms with Gasteiger partial charge in [0, 0.05) is 41.5 Å². The Balaban J connectivity index is 1.42. The van der Waals surface area contributed by atoms with Crippen LogP contribution in [0.5, 0.6) is 0 Å². The summed E-state index contributed by atoms with van der Waals surface area (Å²) in [7, 11) is 1.38. The number of amides is 2. The number of hydrogen-bond donors (Lipinski definition) is 2. The summed E-state index contributed by atoms with van der Waals surface area (Å²) in [6, 6.07) is 9.86. The predicted molar refractivity (Wildman–Crippen MR) is 129 cm³/mol. The number of aryl methyl sites for hydroxylation is 3. The number of aromatic nitrogens is 4. The van der Waals surface area contributed by atoms with E-state index in [1.54, 1.807) is 11.1 Å². The van der Waals surface area contributed by atoms with Crippen LogP contribution in [0.3, 0.4) is 0 Å². The molecule has 5 rings (SSSR count). The number of rotatable bonds is 4. The number of nitrogens with one attached hydrogen (secondary N) is 2. The van der Waals surface area contributed by atoms with Crippen LogP contribution in [0, 0.1) is 20.8 Å². The van der Waals surface area contributed by atoms with Crippen LogP contribution in [0.4, 0.5) is 10.5 Å². The number of ether oxygens (including phenoxy) is 1. The third kappa shape index (κ3) is 3.68. The molecule has 34 heavy (non-hydrogen) atoms. The molecule has 1 fully saturated rings. The summed E-state index contributed by atoms with van der Waals surface area (Å²) in [6.45, 7) is 6.99. The molecular weight excluding hydrogens is 432 g/mol. The van der Waals surface area contributed by atoms with E-state index in [2.05, 4.69) is 20.6 Å². The lowest BCUT2D eigenvalue weighted by molar-refractivity contribution is 0.0674. The van der Waals surface area contributed by atoms with Gasteiger partial charge in [0.2, 0.25) is 0 Å². The zero-order valence-electron chi connectivity index (χ0n) is 19.5. The number of methoxy groups -OCH3 is 1. The highest BCUT2D eigenvalue weighted by Gasteiger charge is 2.33. The lowest BCUT2D eigenvalue weighted by Crippen LogP contribution is -2.50. The summed E-state index contributed by atoms with van der Waals surface area (Å²) in [5, 5.41) is 16.0. The van der Waals surface area contributed by atoms with Crippen LogP contribution >= 0.6 is 0 Å². The smallest absolute Gasteiger partial charge is 0.409 e. The molecule has 9 nitrogen and oxygen atoms in total. The third-order valence-electron chi connectivity index (χ3n) is 6.42. The number of carbonyl (C=O) groups is 2. The Morgan fingerprint density at radius 2 is 1.85 bits per heavy atom. The fraction of sp³-hybridized carbons (Fsp3) is 0.280. The van der Waals surface area contributed by atoms with Gasteiger partial charge in [0.15, 0.2) is 0 Å². The first-order chi connectivity index (χ1) is 16.4. The molecule has 1 aliphatic rings. The van der Waals surface area contributed by atoms with Gasteiger partial charge in [-0.3, -0.25) is 14.6 Å². The van der Waals surface area contributed by atoms with Gasteiger partial charge in [-0.15, -0.1) is 0 Å². The van der Waals surface area contributed by atoms with Crippen LogP contribution in [-0.4, -0.2) is 57.1 Å². The van der Waals surface area contributed by atoms with Crippen LogP contribution in [0.2, 0.25) is 0 Å². The Bertz CT molecular complexity index is 1390. The van der Waals surface area contributed by atoms with Crippen molar-refractivity contribution in [3.8, 4) is 11.3 Å². The number of anilines is 1. The molecule has 0 aliphatic carbocycles. The van der Waals surface area contributed by atoms with Crippen LogP contribution in [0.15, 0.2) is 42.7 Å². The van der Waals surface area contributed by atoms with Gasteiger partial charge in [-0.25, -0.2) is 4.79 Å². The number of para-hydroxylation sites is 1. The minimum Gasteiger partial charge on any atom is -0.453 e. The minimum absolute atomic E-state index is 0.0963. The number of benzene rings is 2. The largest absolute Gasteiger partial charge is 0.453 e. The molecule has 4 aromatic rings. The minimum atomic E-state index is -0.330. The number of H-pyrrole nitrogens is 1. The van der Waals surface area contributed by atoms with Crippen LogP contribution < -0.4 is 5.32 Å². The Morgan fingerprint density at radius 1 is 1.12 bits per heavy atom. The second kappa shape index (κ2) is 8.33. The lowest BCUT2D eigenvalue weighted by Gasteiger charge is -2.37. The van der Waals surface area contributed by atoms with Gasteiger partial charge >= 0.3 is 6.09 Å². The molecule has 0 saturated carbocycles. The van der Waals surface area contributed by atoms with Gasteiger partial charge in [-0.2, -0.15) is 10.2 Å². The molecule has 9 heteroatoms. The molecule has 2 N–H and O–H groups in total. The van der Waals surface area contributed by atoms with E-state index in [4.69, 9.17) is 4.74 Å². The zero-order valence-corrected chi connectivity index (χ0v) is 19.5. The summed E-state index contributed by atoms with van der Waals surface area (Å²) in [5.41, 5.74) is 6.75. The molecule has 0 radical (unpaired) electrons. The molecule has 0 atom stereocenters. The zero-order chi connectivity index (χ0) is 24.0. The molecule has 174 valence electrons. The van der Waals surface area contributed by atoms with Crippen LogP contribution in [0.1, 0.15) is 33.1 Å². The fourth-order valence-electron chi connectivity index (χ4n) is 4.39. The highest BCUT2D eigenvalue weighted by molar-refractivity contribution is 6.09. The van der Waals surface area contributed by atoms with E-state index >= 15 is 0 Å². The molecule has 2 aromatic heterocycles. The predicted octanol–water partition coefficient (Wildman–Crippen LogP) is 4.23. The van der Waals surface area contributed by atoms with Crippen molar-refractivity contribution in [1.29, 1.82) is 0 Å². The van der Waals surface area contributed by atoms with Crippen LogP contribution in [-0.2, 0) is 4.74 Å². The number of hydrogen-bond acceptors (Lipinski definition) is 5. The number of carbonyl (C=O) groups excluding carboxylic acids is 2. The monoisotopic (exact) mass is 458 g/mol. The fourth-order valence-corrected chi connectivity index (χ4v) is 4.39. The molecule has 0 bridgehead atoms. The summed E-state index contributed by atoms with van der Waals surface area (Å²) in [5.74, 6) is -0.156. The first-order valence-electron chi connectivity index (χ1n) is 11.1. The molecule has 1 saturated heterocycles. The third-order valence-corrected chi connectivity index (χ3v) is 6.42. The van der Waals surface area contributed by atoms with E-state index in [9.17, 15) is 9.59 Å². The van der Waals surface area contributed by atoms with Crippen molar-refractivity contribution in [2.75, 3.05) is 25.5 Å². The maximum atomic E-state index is 13.2. The molecule has 1 aliphatic heterocycles. The second-order valence-electron chi connectivity index (χ2n) is 8.74. The summed E-state index contributed by atoms with van der Waals surface area (Å²) in [4.78, 5) is 26.4. The van der Waals surface area contributed by atoms with Gasteiger partial charge in [0.1, 0.15) is 5.69 Å². The quantitative estimate of drug-likeness (QED) is 0.476. The van der Waals surface area contributed by atoms with E-state index < -0.39 is 0 Å². The van der Waals surface area contributed by atoms with Gasteiger partial charge < -0.3 is 15.0 Å². The Morgan fingerprint density at radius 3 is 2.56 bits per heavy atom. The molecule has 0 spiro atoms. The van der Waals surface area contributed by atoms with E-state index in [0.717, 1.165) is 44.5 Å². The van der Waals surface area contributed by atoms with Crippen LogP contribution in [0.25, 0.3) is 22.2 Å². The maximum absolute atomic E-state index is 13.2. The average Bonchev–Trinajstić information content (AvgIpc) is 3.41. The Hall–Kier alpha value is -4.14. The first-order valence-corrected chi connectivity index (χ1v) is 11.1. The van der Waals surface area contributed by atoms with Crippen molar-refractivity contribution in [3.05, 3.63) is 65.0 Å². The van der Waals surface area contributed by atoms with Crippen molar-refractivity contribution in [2.24, 2.45) is 0 Å². The van der Waals surface area contributed by atoms with E-state index in [1.165, 1.54) is 7.11 Å². The highest BCUT2D eigenvalue weighted by atomic mass is 16.5. The summed E-state index contributed by atoms with van der Waals surface area (Å²) >= 11 is 0. The Kier molecular flexibility index (Phi) is 5.31. The van der Waals surface area contributed by atoms with Crippen molar-refractivity contribution >= 4 is 28.6 Å². The number of aromatic amines is 1. The SMILES string of the molecule is COC(=O)N1CC(n2cc(-c3n[nH]c4cc(C)c(C(=O)Nc5c(C)cccc5C)cc34)cn2)C1. The van der Waals surface area contributed by atoms with Crippen molar-refractivity contribution < 1.29 is 14.3 Å². The van der Waals surface area contributed by atoms with Gasteiger partial charge in [-0.05, 0) is 49.6 Å². The summed E-state index contributed by atoms with van der Waals surface area (Å²) in [6.07, 6.45) is 3.35. The van der Waals surface area contributed by atoms with Crippen molar-refractivity contribution in [3.63, 3.8) is 0 Å². The number of nitrogens with zero attached hydrogens (tertiary/aromatic N) is 4. The van der Waals surface area contributed by atoms with Crippen molar-refractivity contribution in [1.82, 2.24) is 24.9 Å². The van der Waals surface area contributed by atoms with E-state index in [0.29, 0.717) is 18.7 Å². The molecule has 3 heterocycles. The highest BCUT2D eigenvalue weighted by Crippen LogP contribution is 2.31. The number of likely N-dealkylation sites (tertiary alicyclic amines) is 1. The Labute approximate surface area is 196 Å². The molecular formula is C25H26N6O3. The first kappa shape index (κ1) is 21.7. The molecule has 0 unspecified atom stereocenters. The van der Waals surface area contributed by atoms with Crippen molar-refractivity contribution in [2.45, 2.75) is 26.8 Å². The molecule has 2 aromatic carbocycles. The second-order valence-corrected chi connectivity index (χ2v) is 8.74. The van der Waals surface area contributed by atoms with E-state index in [-0.39, 0.29) is 18.0 Å². The maximum Gasteiger partial charge on any atom is 0.409 e.